The Hall–Kier alpha value is -0.150. The van der Waals surface area contributed by atoms with Crippen molar-refractivity contribution < 1.29 is 4.74 Å². The highest BCUT2D eigenvalue weighted by Gasteiger charge is 2.37. The molecule has 2 N–H and O–H groups in total. The van der Waals surface area contributed by atoms with Gasteiger partial charge in [0.15, 0.2) is 0 Å². The van der Waals surface area contributed by atoms with Crippen molar-refractivity contribution in [2.24, 2.45) is 11.7 Å². The van der Waals surface area contributed by atoms with Gasteiger partial charge in [0.05, 0.1) is 11.6 Å². The van der Waals surface area contributed by atoms with Crippen molar-refractivity contribution in [3.05, 3.63) is 11.2 Å². The van der Waals surface area contributed by atoms with E-state index in [1.807, 2.05) is 6.26 Å². The first-order chi connectivity index (χ1) is 5.57. The van der Waals surface area contributed by atoms with Gasteiger partial charge < -0.3 is 10.5 Å². The zero-order valence-corrected chi connectivity index (χ0v) is 8.36. The summed E-state index contributed by atoms with van der Waals surface area (Å²) in [5.74, 6) is 0.661. The number of nitrogens with two attached hydrogens (primary N) is 1. The van der Waals surface area contributed by atoms with E-state index >= 15 is 0 Å². The van der Waals surface area contributed by atoms with Crippen molar-refractivity contribution in [2.75, 3.05) is 0 Å². The molecule has 0 aromatic carbocycles. The largest absolute Gasteiger partial charge is 0.495 e. The number of fused-ring (bicyclic) bond motifs is 1. The highest BCUT2D eigenvalue weighted by atomic mass is 32.2. The predicted octanol–water partition coefficient (Wildman–Crippen LogP) is 2.06. The van der Waals surface area contributed by atoms with Gasteiger partial charge in [-0.15, -0.1) is 11.8 Å². The summed E-state index contributed by atoms with van der Waals surface area (Å²) >= 11 is 1.76. The number of hydrogen-bond donors (Lipinski definition) is 1. The van der Waals surface area contributed by atoms with Crippen LogP contribution in [0.4, 0.5) is 0 Å². The Morgan fingerprint density at radius 3 is 3.17 bits per heavy atom. The van der Waals surface area contributed by atoms with Gasteiger partial charge in [-0.1, -0.05) is 0 Å². The Balaban J connectivity index is 2.15. The Labute approximate surface area is 77.5 Å². The maximum Gasteiger partial charge on any atom is 0.103 e. The highest BCUT2D eigenvalue weighted by Crippen LogP contribution is 2.46. The molecule has 2 unspecified atom stereocenters. The average molecular weight is 185 g/mol. The molecular weight excluding hydrogens is 170 g/mol. The van der Waals surface area contributed by atoms with Crippen molar-refractivity contribution in [2.45, 2.75) is 37.7 Å². The molecule has 12 heavy (non-hydrogen) atoms. The summed E-state index contributed by atoms with van der Waals surface area (Å²) in [6, 6.07) is 0. The Morgan fingerprint density at radius 1 is 1.67 bits per heavy atom. The first-order valence-corrected chi connectivity index (χ1v) is 5.25. The molecule has 0 aliphatic carbocycles. The predicted molar refractivity (Wildman–Crippen MR) is 51.5 cm³/mol. The van der Waals surface area contributed by atoms with E-state index in [-0.39, 0.29) is 5.60 Å². The lowest BCUT2D eigenvalue weighted by Gasteiger charge is -2.32. The van der Waals surface area contributed by atoms with Gasteiger partial charge in [0.25, 0.3) is 0 Å². The molecular formula is C9H15NOS. The maximum atomic E-state index is 5.85. The van der Waals surface area contributed by atoms with Crippen molar-refractivity contribution >= 4 is 11.8 Å². The minimum atomic E-state index is 0.0127. The first kappa shape index (κ1) is 8.45. The molecule has 1 saturated heterocycles. The Kier molecular flexibility index (Phi) is 1.88. The molecule has 2 nitrogen and oxygen atoms in total. The quantitative estimate of drug-likeness (QED) is 0.627. The second-order valence-electron chi connectivity index (χ2n) is 4.19. The summed E-state index contributed by atoms with van der Waals surface area (Å²) in [6.07, 6.45) is 4.13. The number of rotatable bonds is 0. The van der Waals surface area contributed by atoms with Crippen LogP contribution in [-0.2, 0) is 4.74 Å². The van der Waals surface area contributed by atoms with Crippen LogP contribution in [-0.4, -0.2) is 11.0 Å². The second kappa shape index (κ2) is 2.67. The number of thioether (sulfide) groups is 1. The van der Waals surface area contributed by atoms with Crippen LogP contribution in [0.1, 0.15) is 26.7 Å². The van der Waals surface area contributed by atoms with Crippen LogP contribution in [0.25, 0.3) is 0 Å². The summed E-state index contributed by atoms with van der Waals surface area (Å²) in [5, 5.41) is 0.291. The molecule has 2 heterocycles. The highest BCUT2D eigenvalue weighted by molar-refractivity contribution is 8.03. The van der Waals surface area contributed by atoms with E-state index in [0.717, 1.165) is 12.8 Å². The smallest absolute Gasteiger partial charge is 0.103 e. The standard InChI is InChI=1S/C9H15NOS/c1-9(2)4-6-3-8(10)12-7(6)5-11-9/h5-6,8H,3-4,10H2,1-2H3. The SMILES string of the molecule is CC1(C)CC2CC(N)SC2=CO1. The van der Waals surface area contributed by atoms with Crippen LogP contribution in [0.3, 0.4) is 0 Å². The lowest BCUT2D eigenvalue weighted by Crippen LogP contribution is -2.29. The monoisotopic (exact) mass is 185 g/mol. The molecule has 68 valence electrons. The summed E-state index contributed by atoms with van der Waals surface area (Å²) in [7, 11) is 0. The fourth-order valence-electron chi connectivity index (χ4n) is 1.88. The van der Waals surface area contributed by atoms with Crippen LogP contribution >= 0.6 is 11.8 Å². The minimum Gasteiger partial charge on any atom is -0.495 e. The van der Waals surface area contributed by atoms with E-state index in [4.69, 9.17) is 10.5 Å². The van der Waals surface area contributed by atoms with E-state index in [9.17, 15) is 0 Å². The molecule has 0 amide bonds. The summed E-state index contributed by atoms with van der Waals surface area (Å²) in [4.78, 5) is 1.35. The van der Waals surface area contributed by atoms with Gasteiger partial charge >= 0.3 is 0 Å². The molecule has 3 heteroatoms. The van der Waals surface area contributed by atoms with E-state index < -0.39 is 0 Å². The van der Waals surface area contributed by atoms with Crippen LogP contribution in [0.15, 0.2) is 11.2 Å². The van der Waals surface area contributed by atoms with Gasteiger partial charge in [0.2, 0.25) is 0 Å². The normalized spacial score (nSPS) is 38.4. The van der Waals surface area contributed by atoms with Crippen molar-refractivity contribution in [1.82, 2.24) is 0 Å². The van der Waals surface area contributed by atoms with Crippen molar-refractivity contribution in [1.29, 1.82) is 0 Å². The third-order valence-corrected chi connectivity index (χ3v) is 3.64. The number of ether oxygens (including phenoxy) is 1. The maximum absolute atomic E-state index is 5.85. The van der Waals surface area contributed by atoms with Crippen LogP contribution in [0, 0.1) is 5.92 Å². The molecule has 2 aliphatic heterocycles. The molecule has 2 atom stereocenters. The molecule has 0 spiro atoms. The van der Waals surface area contributed by atoms with E-state index in [1.165, 1.54) is 4.91 Å². The molecule has 0 bridgehead atoms. The lowest BCUT2D eigenvalue weighted by atomic mass is 9.89. The van der Waals surface area contributed by atoms with E-state index in [1.54, 1.807) is 11.8 Å². The van der Waals surface area contributed by atoms with E-state index in [2.05, 4.69) is 13.8 Å². The zero-order valence-electron chi connectivity index (χ0n) is 7.54. The minimum absolute atomic E-state index is 0.0127. The fraction of sp³-hybridized carbons (Fsp3) is 0.778. The van der Waals surface area contributed by atoms with Crippen LogP contribution in [0.5, 0.6) is 0 Å². The average Bonchev–Trinajstić information content (AvgIpc) is 2.26. The van der Waals surface area contributed by atoms with Gasteiger partial charge in [-0.25, -0.2) is 0 Å². The lowest BCUT2D eigenvalue weighted by molar-refractivity contribution is 0.0228. The van der Waals surface area contributed by atoms with E-state index in [0.29, 0.717) is 11.3 Å². The Morgan fingerprint density at radius 2 is 2.42 bits per heavy atom. The molecule has 0 aromatic heterocycles. The van der Waals surface area contributed by atoms with Crippen molar-refractivity contribution in [3.8, 4) is 0 Å². The topological polar surface area (TPSA) is 35.2 Å². The summed E-state index contributed by atoms with van der Waals surface area (Å²) in [5.41, 5.74) is 5.86. The zero-order chi connectivity index (χ0) is 8.77. The molecule has 0 saturated carbocycles. The summed E-state index contributed by atoms with van der Waals surface area (Å²) in [6.45, 7) is 4.27. The first-order valence-electron chi connectivity index (χ1n) is 4.37. The third kappa shape index (κ3) is 1.48. The molecule has 0 aromatic rings. The second-order valence-corrected chi connectivity index (χ2v) is 5.50. The molecule has 2 aliphatic rings. The number of hydrogen-bond acceptors (Lipinski definition) is 3. The third-order valence-electron chi connectivity index (χ3n) is 2.44. The van der Waals surface area contributed by atoms with Crippen LogP contribution < -0.4 is 5.73 Å². The van der Waals surface area contributed by atoms with Gasteiger partial charge in [-0.2, -0.15) is 0 Å². The van der Waals surface area contributed by atoms with Gasteiger partial charge in [-0.05, 0) is 32.6 Å². The number of allylic oxidation sites excluding steroid dienone is 1. The van der Waals surface area contributed by atoms with Gasteiger partial charge in [-0.3, -0.25) is 0 Å². The molecule has 0 radical (unpaired) electrons. The van der Waals surface area contributed by atoms with Gasteiger partial charge in [0, 0.05) is 4.91 Å². The molecule has 1 fully saturated rings. The van der Waals surface area contributed by atoms with Crippen molar-refractivity contribution in [3.63, 3.8) is 0 Å². The Bertz CT molecular complexity index is 225. The summed E-state index contributed by atoms with van der Waals surface area (Å²) < 4.78 is 5.59. The fourth-order valence-corrected chi connectivity index (χ4v) is 3.04. The van der Waals surface area contributed by atoms with Gasteiger partial charge in [0.1, 0.15) is 5.60 Å². The van der Waals surface area contributed by atoms with Crippen LogP contribution in [0.2, 0.25) is 0 Å². The molecule has 2 rings (SSSR count).